The molecular weight excluding hydrogens is 508 g/mol. The van der Waals surface area contributed by atoms with E-state index < -0.39 is 65.2 Å². The minimum Gasteiger partial charge on any atom is -0.480 e. The van der Waals surface area contributed by atoms with Crippen LogP contribution in [0.2, 0.25) is 0 Å². The highest BCUT2D eigenvalue weighted by molar-refractivity contribution is 6.21. The predicted octanol–water partition coefficient (Wildman–Crippen LogP) is 4.00. The lowest BCUT2D eigenvalue weighted by molar-refractivity contribution is -0.167. The zero-order valence-corrected chi connectivity index (χ0v) is 24.7. The van der Waals surface area contributed by atoms with Crippen molar-refractivity contribution in [3.63, 3.8) is 0 Å². The molecule has 10 heteroatoms. The van der Waals surface area contributed by atoms with Gasteiger partial charge >= 0.3 is 11.9 Å². The number of esters is 1. The third-order valence-corrected chi connectivity index (χ3v) is 7.05. The van der Waals surface area contributed by atoms with Crippen molar-refractivity contribution >= 4 is 35.1 Å². The highest BCUT2D eigenvalue weighted by Gasteiger charge is 2.49. The SMILES string of the molecule is CCCCCCC(C(C)=O)(C(C)=O)C(=O)O.CCCCCCCCC(C(C)=O)(C(C)=O)C(=O)OCC(O)CO. The van der Waals surface area contributed by atoms with Crippen molar-refractivity contribution < 1.29 is 48.8 Å². The van der Waals surface area contributed by atoms with Crippen LogP contribution < -0.4 is 0 Å². The Labute approximate surface area is 232 Å². The molecule has 0 rings (SSSR count). The zero-order valence-electron chi connectivity index (χ0n) is 24.7. The molecule has 0 aliphatic carbocycles. The largest absolute Gasteiger partial charge is 0.480 e. The van der Waals surface area contributed by atoms with Gasteiger partial charge in [0.25, 0.3) is 0 Å². The van der Waals surface area contributed by atoms with Crippen molar-refractivity contribution in [3.05, 3.63) is 0 Å². The maximum absolute atomic E-state index is 12.3. The van der Waals surface area contributed by atoms with Gasteiger partial charge in [-0.1, -0.05) is 78.1 Å². The number of aliphatic hydroxyl groups excluding tert-OH is 2. The summed E-state index contributed by atoms with van der Waals surface area (Å²) in [6.45, 7) is 7.94. The van der Waals surface area contributed by atoms with Gasteiger partial charge in [-0.2, -0.15) is 0 Å². The van der Waals surface area contributed by atoms with Gasteiger partial charge in [0, 0.05) is 0 Å². The fourth-order valence-corrected chi connectivity index (χ4v) is 4.33. The van der Waals surface area contributed by atoms with Gasteiger partial charge in [-0.25, -0.2) is 0 Å². The molecule has 0 aromatic heterocycles. The predicted molar refractivity (Wildman–Crippen MR) is 146 cm³/mol. The number of ether oxygens (including phenoxy) is 1. The molecule has 0 amide bonds. The van der Waals surface area contributed by atoms with Crippen LogP contribution in [0.15, 0.2) is 0 Å². The number of rotatable bonds is 21. The van der Waals surface area contributed by atoms with E-state index in [2.05, 4.69) is 6.92 Å². The van der Waals surface area contributed by atoms with Gasteiger partial charge in [-0.3, -0.25) is 28.8 Å². The quantitative estimate of drug-likeness (QED) is 0.106. The van der Waals surface area contributed by atoms with E-state index in [0.29, 0.717) is 12.8 Å². The van der Waals surface area contributed by atoms with Gasteiger partial charge in [0.1, 0.15) is 12.7 Å². The van der Waals surface area contributed by atoms with E-state index in [1.165, 1.54) is 27.7 Å². The summed E-state index contributed by atoms with van der Waals surface area (Å²) < 4.78 is 4.89. The number of carboxylic acid groups (broad SMARTS) is 1. The van der Waals surface area contributed by atoms with Crippen molar-refractivity contribution in [1.29, 1.82) is 0 Å². The molecule has 1 unspecified atom stereocenters. The Morgan fingerprint density at radius 3 is 1.36 bits per heavy atom. The normalized spacial score (nSPS) is 12.1. The summed E-state index contributed by atoms with van der Waals surface area (Å²) >= 11 is 0. The number of Topliss-reactive ketones (excluding diaryl/α,β-unsaturated/α-hetero) is 4. The number of ketones is 4. The second-order valence-corrected chi connectivity index (χ2v) is 10.1. The molecule has 0 aliphatic rings. The van der Waals surface area contributed by atoms with Gasteiger partial charge in [0.05, 0.1) is 6.61 Å². The molecule has 0 bridgehead atoms. The van der Waals surface area contributed by atoms with Gasteiger partial charge in [0.2, 0.25) is 0 Å². The Hall–Kier alpha value is -2.46. The minimum atomic E-state index is -1.81. The number of carboxylic acids is 1. The summed E-state index contributed by atoms with van der Waals surface area (Å²) in [7, 11) is 0. The first-order valence-electron chi connectivity index (χ1n) is 14.0. The third kappa shape index (κ3) is 12.5. The highest BCUT2D eigenvalue weighted by Crippen LogP contribution is 2.30. The minimum absolute atomic E-state index is 0.118. The lowest BCUT2D eigenvalue weighted by Gasteiger charge is -2.26. The summed E-state index contributed by atoms with van der Waals surface area (Å²) in [5, 5.41) is 27.1. The van der Waals surface area contributed by atoms with E-state index in [1.807, 2.05) is 6.92 Å². The Bertz CT molecular complexity index is 752. The fraction of sp³-hybridized carbons (Fsp3) is 0.793. The van der Waals surface area contributed by atoms with Gasteiger partial charge < -0.3 is 20.1 Å². The molecule has 0 aromatic rings. The molecule has 3 N–H and O–H groups in total. The molecule has 226 valence electrons. The zero-order chi connectivity index (χ0) is 30.6. The first-order chi connectivity index (χ1) is 18.2. The molecular formula is C29H50O10. The van der Waals surface area contributed by atoms with Crippen molar-refractivity contribution in [2.24, 2.45) is 10.8 Å². The summed E-state index contributed by atoms with van der Waals surface area (Å²) in [6, 6.07) is 0. The van der Waals surface area contributed by atoms with Gasteiger partial charge in [-0.15, -0.1) is 0 Å². The van der Waals surface area contributed by atoms with Gasteiger partial charge in [0.15, 0.2) is 34.0 Å². The molecule has 0 saturated carbocycles. The monoisotopic (exact) mass is 558 g/mol. The Balaban J connectivity index is 0. The van der Waals surface area contributed by atoms with Crippen LogP contribution >= 0.6 is 0 Å². The van der Waals surface area contributed by atoms with E-state index in [1.54, 1.807) is 0 Å². The van der Waals surface area contributed by atoms with Gasteiger partial charge in [-0.05, 0) is 40.5 Å². The number of unbranched alkanes of at least 4 members (excludes halogenated alkanes) is 8. The Morgan fingerprint density at radius 2 is 1.00 bits per heavy atom. The molecule has 39 heavy (non-hydrogen) atoms. The first-order valence-corrected chi connectivity index (χ1v) is 14.0. The highest BCUT2D eigenvalue weighted by atomic mass is 16.5. The van der Waals surface area contributed by atoms with Crippen LogP contribution in [-0.4, -0.2) is 69.7 Å². The van der Waals surface area contributed by atoms with Crippen LogP contribution in [0.5, 0.6) is 0 Å². The van der Waals surface area contributed by atoms with Crippen LogP contribution in [-0.2, 0) is 33.5 Å². The first kappa shape index (κ1) is 38.7. The molecule has 0 radical (unpaired) electrons. The molecule has 0 heterocycles. The summed E-state index contributed by atoms with van der Waals surface area (Å²) in [5.41, 5.74) is -3.60. The second kappa shape index (κ2) is 20.4. The van der Waals surface area contributed by atoms with Crippen LogP contribution in [0, 0.1) is 10.8 Å². The average molecular weight is 559 g/mol. The molecule has 1 atom stereocenters. The maximum atomic E-state index is 12.3. The van der Waals surface area contributed by atoms with Crippen LogP contribution in [0.4, 0.5) is 0 Å². The number of hydrogen-bond donors (Lipinski definition) is 3. The number of aliphatic carboxylic acids is 1. The fourth-order valence-electron chi connectivity index (χ4n) is 4.33. The molecule has 0 aromatic carbocycles. The smallest absolute Gasteiger partial charge is 0.327 e. The standard InChI is InChI=1S/C17H30O6.C12H20O4/c1-4-5-6-7-8-9-10-17(13(2)19,14(3)20)16(22)23-12-15(21)11-18;1-4-5-6-7-8-12(9(2)13,10(3)14)11(15)16/h15,18,21H,4-12H2,1-3H3;4-8H2,1-3H3,(H,15,16). The van der Waals surface area contributed by atoms with E-state index in [-0.39, 0.29) is 12.8 Å². The lowest BCUT2D eigenvalue weighted by Crippen LogP contribution is -2.46. The van der Waals surface area contributed by atoms with Crippen LogP contribution in [0.3, 0.4) is 0 Å². The number of aliphatic hydroxyl groups is 2. The Morgan fingerprint density at radius 1 is 0.641 bits per heavy atom. The third-order valence-electron chi connectivity index (χ3n) is 7.05. The summed E-state index contributed by atoms with van der Waals surface area (Å²) in [4.78, 5) is 70.2. The van der Waals surface area contributed by atoms with E-state index in [0.717, 1.165) is 51.4 Å². The Kier molecular flexibility index (Phi) is 20.3. The summed E-state index contributed by atoms with van der Waals surface area (Å²) in [5.74, 6) is -4.46. The second-order valence-electron chi connectivity index (χ2n) is 10.1. The van der Waals surface area contributed by atoms with Crippen molar-refractivity contribution in [2.45, 2.75) is 125 Å². The molecule has 0 spiro atoms. The van der Waals surface area contributed by atoms with Crippen molar-refractivity contribution in [2.75, 3.05) is 13.2 Å². The van der Waals surface area contributed by atoms with E-state index >= 15 is 0 Å². The van der Waals surface area contributed by atoms with E-state index in [9.17, 15) is 33.9 Å². The number of hydrogen-bond acceptors (Lipinski definition) is 9. The maximum Gasteiger partial charge on any atom is 0.327 e. The van der Waals surface area contributed by atoms with Crippen LogP contribution in [0.1, 0.15) is 119 Å². The van der Waals surface area contributed by atoms with Crippen molar-refractivity contribution in [1.82, 2.24) is 0 Å². The average Bonchev–Trinajstić information content (AvgIpc) is 2.86. The number of carbonyl (C=O) groups excluding carboxylic acids is 5. The van der Waals surface area contributed by atoms with E-state index in [4.69, 9.17) is 14.9 Å². The number of carbonyl (C=O) groups is 6. The lowest BCUT2D eigenvalue weighted by atomic mass is 9.75. The summed E-state index contributed by atoms with van der Waals surface area (Å²) in [6.07, 6.45) is 8.28. The molecule has 0 fully saturated rings. The van der Waals surface area contributed by atoms with Crippen LogP contribution in [0.25, 0.3) is 0 Å². The van der Waals surface area contributed by atoms with Crippen molar-refractivity contribution in [3.8, 4) is 0 Å². The topological polar surface area (TPSA) is 172 Å². The molecule has 0 saturated heterocycles. The molecule has 10 nitrogen and oxygen atoms in total. The molecule has 0 aliphatic heterocycles.